The van der Waals surface area contributed by atoms with Crippen LogP contribution in [0.5, 0.6) is 5.75 Å². The minimum Gasteiger partial charge on any atom is -0.479 e. The van der Waals surface area contributed by atoms with Gasteiger partial charge in [-0.25, -0.2) is 9.18 Å². The largest absolute Gasteiger partial charge is 0.479 e. The molecular formula is C10H9FO4. The number of carbonyl (C=O) groups is 2. The second kappa shape index (κ2) is 4.54. The van der Waals surface area contributed by atoms with E-state index < -0.39 is 17.9 Å². The number of aliphatic carboxylic acids is 1. The lowest BCUT2D eigenvalue weighted by Crippen LogP contribution is -2.22. The van der Waals surface area contributed by atoms with Gasteiger partial charge in [-0.1, -0.05) is 0 Å². The lowest BCUT2D eigenvalue weighted by molar-refractivity contribution is -0.144. The fraction of sp³-hybridized carbons (Fsp3) is 0.200. The Labute approximate surface area is 85.3 Å². The molecule has 0 heterocycles. The van der Waals surface area contributed by atoms with Gasteiger partial charge in [-0.2, -0.15) is 0 Å². The maximum atomic E-state index is 12.9. The first kappa shape index (κ1) is 11.2. The minimum absolute atomic E-state index is 0.0204. The van der Waals surface area contributed by atoms with Crippen molar-refractivity contribution in [2.75, 3.05) is 0 Å². The summed E-state index contributed by atoms with van der Waals surface area (Å²) in [5.74, 6) is -1.79. The maximum Gasteiger partial charge on any atom is 0.344 e. The molecule has 0 aliphatic heterocycles. The molecule has 0 spiro atoms. The summed E-state index contributed by atoms with van der Waals surface area (Å²) >= 11 is 0. The van der Waals surface area contributed by atoms with E-state index in [1.807, 2.05) is 0 Å². The fourth-order valence-corrected chi connectivity index (χ4v) is 0.975. The average Bonchev–Trinajstić information content (AvgIpc) is 2.16. The molecule has 0 aliphatic carbocycles. The quantitative estimate of drug-likeness (QED) is 0.768. The predicted octanol–water partition coefficient (Wildman–Crippen LogP) is 1.49. The van der Waals surface area contributed by atoms with Crippen LogP contribution in [0, 0.1) is 5.82 Å². The van der Waals surface area contributed by atoms with Crippen molar-refractivity contribution in [2.24, 2.45) is 0 Å². The molecule has 0 radical (unpaired) electrons. The van der Waals surface area contributed by atoms with Crippen LogP contribution in [0.2, 0.25) is 0 Å². The molecule has 0 bridgehead atoms. The summed E-state index contributed by atoms with van der Waals surface area (Å²) in [6, 6.07) is 3.33. The van der Waals surface area contributed by atoms with Crippen LogP contribution < -0.4 is 4.74 Å². The minimum atomic E-state index is -1.16. The smallest absolute Gasteiger partial charge is 0.344 e. The monoisotopic (exact) mass is 212 g/mol. The molecule has 1 N–H and O–H groups in total. The highest BCUT2D eigenvalue weighted by Crippen LogP contribution is 2.16. The summed E-state index contributed by atoms with van der Waals surface area (Å²) in [5.41, 5.74) is 0.0996. The first-order chi connectivity index (χ1) is 7.02. The number of hydrogen-bond acceptors (Lipinski definition) is 3. The molecule has 0 aliphatic rings. The molecule has 1 aromatic carbocycles. The van der Waals surface area contributed by atoms with E-state index >= 15 is 0 Å². The van der Waals surface area contributed by atoms with Gasteiger partial charge in [0.25, 0.3) is 0 Å². The zero-order valence-corrected chi connectivity index (χ0v) is 7.94. The van der Waals surface area contributed by atoms with E-state index in [9.17, 15) is 14.0 Å². The van der Waals surface area contributed by atoms with E-state index in [1.54, 1.807) is 0 Å². The number of rotatable bonds is 4. The van der Waals surface area contributed by atoms with E-state index in [0.29, 0.717) is 6.29 Å². The number of hydrogen-bond donors (Lipinski definition) is 1. The standard InChI is InChI=1S/C10H9FO4/c1-6(10(13)14)15-9-3-7(5-12)2-8(11)4-9/h2-6H,1H3,(H,13,14). The van der Waals surface area contributed by atoms with Crippen molar-refractivity contribution in [2.45, 2.75) is 13.0 Å². The zero-order chi connectivity index (χ0) is 11.4. The lowest BCUT2D eigenvalue weighted by Gasteiger charge is -2.10. The van der Waals surface area contributed by atoms with E-state index in [4.69, 9.17) is 9.84 Å². The Morgan fingerprint density at radius 1 is 1.53 bits per heavy atom. The van der Waals surface area contributed by atoms with Crippen molar-refractivity contribution in [3.63, 3.8) is 0 Å². The average molecular weight is 212 g/mol. The molecule has 0 saturated heterocycles. The SMILES string of the molecule is CC(Oc1cc(F)cc(C=O)c1)C(=O)O. The van der Waals surface area contributed by atoms with Crippen LogP contribution in [0.3, 0.4) is 0 Å². The van der Waals surface area contributed by atoms with Gasteiger partial charge in [-0.15, -0.1) is 0 Å². The maximum absolute atomic E-state index is 12.9. The van der Waals surface area contributed by atoms with Gasteiger partial charge in [-0.05, 0) is 19.1 Å². The van der Waals surface area contributed by atoms with Crippen LogP contribution in [-0.4, -0.2) is 23.5 Å². The van der Waals surface area contributed by atoms with Gasteiger partial charge in [0.15, 0.2) is 6.10 Å². The van der Waals surface area contributed by atoms with Crippen molar-refractivity contribution in [3.05, 3.63) is 29.6 Å². The van der Waals surface area contributed by atoms with Gasteiger partial charge in [0.05, 0.1) is 0 Å². The Bertz CT molecular complexity index is 389. The Balaban J connectivity index is 2.90. The van der Waals surface area contributed by atoms with Gasteiger partial charge >= 0.3 is 5.97 Å². The first-order valence-electron chi connectivity index (χ1n) is 4.18. The Hall–Kier alpha value is -1.91. The van der Waals surface area contributed by atoms with Crippen molar-refractivity contribution >= 4 is 12.3 Å². The molecule has 0 aromatic heterocycles. The molecule has 1 rings (SSSR count). The highest BCUT2D eigenvalue weighted by Gasteiger charge is 2.13. The van der Waals surface area contributed by atoms with E-state index in [1.165, 1.54) is 13.0 Å². The molecular weight excluding hydrogens is 203 g/mol. The number of aldehydes is 1. The predicted molar refractivity (Wildman–Crippen MR) is 49.5 cm³/mol. The van der Waals surface area contributed by atoms with Crippen LogP contribution in [-0.2, 0) is 4.79 Å². The number of carbonyl (C=O) groups excluding carboxylic acids is 1. The van der Waals surface area contributed by atoms with E-state index in [0.717, 1.165) is 12.1 Å². The number of ether oxygens (including phenoxy) is 1. The first-order valence-corrected chi connectivity index (χ1v) is 4.18. The molecule has 1 atom stereocenters. The van der Waals surface area contributed by atoms with Crippen molar-refractivity contribution in [1.29, 1.82) is 0 Å². The van der Waals surface area contributed by atoms with Gasteiger partial charge in [0, 0.05) is 11.6 Å². The van der Waals surface area contributed by atoms with E-state index in [2.05, 4.69) is 0 Å². The number of carboxylic acids is 1. The summed E-state index contributed by atoms with van der Waals surface area (Å²) in [4.78, 5) is 20.8. The Morgan fingerprint density at radius 3 is 2.73 bits per heavy atom. The molecule has 0 fully saturated rings. The second-order valence-corrected chi connectivity index (χ2v) is 2.94. The van der Waals surface area contributed by atoms with Gasteiger partial charge in [-0.3, -0.25) is 4.79 Å². The van der Waals surface area contributed by atoms with Crippen LogP contribution in [0.4, 0.5) is 4.39 Å². The van der Waals surface area contributed by atoms with Crippen molar-refractivity contribution < 1.29 is 23.8 Å². The molecule has 4 nitrogen and oxygen atoms in total. The molecule has 1 unspecified atom stereocenters. The van der Waals surface area contributed by atoms with Gasteiger partial charge in [0.1, 0.15) is 17.9 Å². The third-order valence-electron chi connectivity index (χ3n) is 1.69. The highest BCUT2D eigenvalue weighted by molar-refractivity contribution is 5.76. The van der Waals surface area contributed by atoms with Gasteiger partial charge in [0.2, 0.25) is 0 Å². The second-order valence-electron chi connectivity index (χ2n) is 2.94. The zero-order valence-electron chi connectivity index (χ0n) is 7.94. The van der Waals surface area contributed by atoms with Crippen LogP contribution in [0.1, 0.15) is 17.3 Å². The summed E-state index contributed by atoms with van der Waals surface area (Å²) in [6.07, 6.45) is -0.632. The molecule has 0 saturated carbocycles. The molecule has 0 amide bonds. The lowest BCUT2D eigenvalue weighted by atomic mass is 10.2. The van der Waals surface area contributed by atoms with Crippen molar-refractivity contribution in [1.82, 2.24) is 0 Å². The summed E-state index contributed by atoms with van der Waals surface area (Å²) in [6.45, 7) is 1.31. The highest BCUT2D eigenvalue weighted by atomic mass is 19.1. The number of benzene rings is 1. The van der Waals surface area contributed by atoms with Crippen LogP contribution in [0.15, 0.2) is 18.2 Å². The molecule has 80 valence electrons. The van der Waals surface area contributed by atoms with Crippen LogP contribution >= 0.6 is 0 Å². The van der Waals surface area contributed by atoms with Crippen molar-refractivity contribution in [3.8, 4) is 5.75 Å². The summed E-state index contributed by atoms with van der Waals surface area (Å²) in [5, 5.41) is 8.55. The molecule has 15 heavy (non-hydrogen) atoms. The van der Waals surface area contributed by atoms with Crippen LogP contribution in [0.25, 0.3) is 0 Å². The number of halogens is 1. The fourth-order valence-electron chi connectivity index (χ4n) is 0.975. The van der Waals surface area contributed by atoms with E-state index in [-0.39, 0.29) is 11.3 Å². The Kier molecular flexibility index (Phi) is 3.38. The Morgan fingerprint density at radius 2 is 2.20 bits per heavy atom. The normalized spacial score (nSPS) is 11.9. The third-order valence-corrected chi connectivity index (χ3v) is 1.69. The molecule has 5 heteroatoms. The summed E-state index contributed by atoms with van der Waals surface area (Å²) < 4.78 is 17.8. The molecule has 1 aromatic rings. The summed E-state index contributed by atoms with van der Waals surface area (Å²) in [7, 11) is 0. The van der Waals surface area contributed by atoms with Gasteiger partial charge < -0.3 is 9.84 Å². The third kappa shape index (κ3) is 3.05. The topological polar surface area (TPSA) is 63.6 Å². The number of carboxylic acid groups (broad SMARTS) is 1.